The maximum absolute atomic E-state index is 12.1. The average Bonchev–Trinajstić information content (AvgIpc) is 2.36. The predicted molar refractivity (Wildman–Crippen MR) is 75.0 cm³/mol. The third-order valence-electron chi connectivity index (χ3n) is 3.57. The lowest BCUT2D eigenvalue weighted by Gasteiger charge is -2.29. The maximum atomic E-state index is 12.1. The molecule has 5 heteroatoms. The Morgan fingerprint density at radius 1 is 1.26 bits per heavy atom. The van der Waals surface area contributed by atoms with Gasteiger partial charge in [-0.3, -0.25) is 0 Å². The topological polar surface area (TPSA) is 70.0 Å². The molecule has 0 aliphatic carbocycles. The number of hydrogen-bond acceptors (Lipinski definition) is 3. The van der Waals surface area contributed by atoms with Crippen LogP contribution in [0.1, 0.15) is 33.3 Å². The molecule has 0 radical (unpaired) electrons. The van der Waals surface area contributed by atoms with Crippen molar-refractivity contribution in [1.82, 2.24) is 4.72 Å². The first-order valence-corrected chi connectivity index (χ1v) is 7.67. The number of nitrogens with zero attached hydrogens (tertiary/aromatic N) is 1. The Hall–Kier alpha value is -1.38. The molecule has 0 saturated heterocycles. The van der Waals surface area contributed by atoms with Crippen molar-refractivity contribution < 1.29 is 8.42 Å². The summed E-state index contributed by atoms with van der Waals surface area (Å²) in [6.45, 7) is 8.57. The van der Waals surface area contributed by atoms with E-state index in [9.17, 15) is 8.42 Å². The molecule has 1 rings (SSSR count). The number of benzene rings is 1. The van der Waals surface area contributed by atoms with Gasteiger partial charge in [0.15, 0.2) is 0 Å². The molecule has 0 aromatic heterocycles. The summed E-state index contributed by atoms with van der Waals surface area (Å²) in [4.78, 5) is 0.186. The molecule has 0 aliphatic rings. The number of nitrogens with one attached hydrogen (secondary N) is 1. The molecule has 0 atom stereocenters. The first kappa shape index (κ1) is 15.7. The quantitative estimate of drug-likeness (QED) is 0.901. The summed E-state index contributed by atoms with van der Waals surface area (Å²) in [5.41, 5.74) is 0.334. The largest absolute Gasteiger partial charge is 0.240 e. The molecule has 0 saturated carbocycles. The SMILES string of the molecule is CC(C)C(C)(C)CNS(=O)(=O)c1ccc(C#N)cc1. The number of hydrogen-bond donors (Lipinski definition) is 1. The highest BCUT2D eigenvalue weighted by Gasteiger charge is 2.25. The van der Waals surface area contributed by atoms with Crippen molar-refractivity contribution in [3.05, 3.63) is 29.8 Å². The summed E-state index contributed by atoms with van der Waals surface area (Å²) in [5, 5.41) is 8.69. The van der Waals surface area contributed by atoms with Crippen molar-refractivity contribution in [2.75, 3.05) is 6.54 Å². The van der Waals surface area contributed by atoms with E-state index in [1.54, 1.807) is 0 Å². The van der Waals surface area contributed by atoms with E-state index in [1.807, 2.05) is 19.9 Å². The Morgan fingerprint density at radius 3 is 2.21 bits per heavy atom. The van der Waals surface area contributed by atoms with Crippen molar-refractivity contribution in [2.45, 2.75) is 32.6 Å². The highest BCUT2D eigenvalue weighted by atomic mass is 32.2. The molecule has 19 heavy (non-hydrogen) atoms. The highest BCUT2D eigenvalue weighted by Crippen LogP contribution is 2.25. The fourth-order valence-corrected chi connectivity index (χ4v) is 2.50. The van der Waals surface area contributed by atoms with Crippen LogP contribution in [-0.4, -0.2) is 15.0 Å². The van der Waals surface area contributed by atoms with E-state index in [0.717, 1.165) is 0 Å². The Kier molecular flexibility index (Phi) is 4.72. The molecule has 4 nitrogen and oxygen atoms in total. The molecule has 0 unspecified atom stereocenters. The van der Waals surface area contributed by atoms with Crippen molar-refractivity contribution >= 4 is 10.0 Å². The minimum Gasteiger partial charge on any atom is -0.211 e. The molecule has 0 heterocycles. The summed E-state index contributed by atoms with van der Waals surface area (Å²) >= 11 is 0. The first-order chi connectivity index (χ1) is 8.69. The van der Waals surface area contributed by atoms with Crippen molar-refractivity contribution in [3.8, 4) is 6.07 Å². The number of sulfonamides is 1. The van der Waals surface area contributed by atoms with E-state index in [1.165, 1.54) is 24.3 Å². The minimum absolute atomic E-state index is 0.111. The van der Waals surface area contributed by atoms with Gasteiger partial charge in [0.1, 0.15) is 0 Å². The summed E-state index contributed by atoms with van der Waals surface area (Å²) in [6.07, 6.45) is 0. The van der Waals surface area contributed by atoms with E-state index in [0.29, 0.717) is 18.0 Å². The van der Waals surface area contributed by atoms with E-state index in [2.05, 4.69) is 18.6 Å². The van der Waals surface area contributed by atoms with Crippen LogP contribution in [0.25, 0.3) is 0 Å². The second kappa shape index (κ2) is 5.72. The summed E-state index contributed by atoms with van der Waals surface area (Å²) in [7, 11) is -3.51. The van der Waals surface area contributed by atoms with Crippen LogP contribution in [0.4, 0.5) is 0 Å². The Labute approximate surface area is 115 Å². The molecule has 1 aromatic rings. The zero-order valence-corrected chi connectivity index (χ0v) is 12.6. The summed E-state index contributed by atoms with van der Waals surface area (Å²) < 4.78 is 26.8. The normalized spacial score (nSPS) is 12.4. The van der Waals surface area contributed by atoms with Gasteiger partial charge in [0.2, 0.25) is 10.0 Å². The maximum Gasteiger partial charge on any atom is 0.240 e. The van der Waals surface area contributed by atoms with Gasteiger partial charge in [-0.2, -0.15) is 5.26 Å². The fraction of sp³-hybridized carbons (Fsp3) is 0.500. The Morgan fingerprint density at radius 2 is 1.79 bits per heavy atom. The van der Waals surface area contributed by atoms with Gasteiger partial charge in [-0.05, 0) is 35.6 Å². The standard InChI is InChI=1S/C14H20N2O2S/c1-11(2)14(3,4)10-16-19(17,18)13-7-5-12(9-15)6-8-13/h5-8,11,16H,10H2,1-4H3. The van der Waals surface area contributed by atoms with Crippen LogP contribution in [0.15, 0.2) is 29.2 Å². The van der Waals surface area contributed by atoms with Gasteiger partial charge < -0.3 is 0 Å². The number of nitriles is 1. The number of rotatable bonds is 5. The molecular weight excluding hydrogens is 260 g/mol. The molecule has 0 spiro atoms. The lowest BCUT2D eigenvalue weighted by molar-refractivity contribution is 0.252. The Balaban J connectivity index is 2.85. The lowest BCUT2D eigenvalue weighted by atomic mass is 9.81. The zero-order valence-electron chi connectivity index (χ0n) is 11.8. The first-order valence-electron chi connectivity index (χ1n) is 6.19. The smallest absolute Gasteiger partial charge is 0.211 e. The van der Waals surface area contributed by atoms with Gasteiger partial charge in [-0.15, -0.1) is 0 Å². The van der Waals surface area contributed by atoms with E-state index < -0.39 is 10.0 Å². The Bertz CT molecular complexity index is 566. The summed E-state index contributed by atoms with van der Waals surface area (Å²) in [6, 6.07) is 7.86. The third kappa shape index (κ3) is 4.05. The fourth-order valence-electron chi connectivity index (χ4n) is 1.28. The minimum atomic E-state index is -3.51. The second-order valence-corrected chi connectivity index (χ2v) is 7.37. The van der Waals surface area contributed by atoms with Gasteiger partial charge >= 0.3 is 0 Å². The zero-order chi connectivity index (χ0) is 14.7. The molecule has 0 aliphatic heterocycles. The lowest BCUT2D eigenvalue weighted by Crippen LogP contribution is -2.36. The summed E-state index contributed by atoms with van der Waals surface area (Å²) in [5.74, 6) is 0.371. The van der Waals surface area contributed by atoms with Crippen molar-refractivity contribution in [2.24, 2.45) is 11.3 Å². The monoisotopic (exact) mass is 280 g/mol. The van der Waals surface area contributed by atoms with E-state index in [4.69, 9.17) is 5.26 Å². The molecule has 0 fully saturated rings. The molecule has 1 N–H and O–H groups in total. The average molecular weight is 280 g/mol. The van der Waals surface area contributed by atoms with Crippen LogP contribution < -0.4 is 4.72 Å². The predicted octanol–water partition coefficient (Wildman–Crippen LogP) is 2.52. The van der Waals surface area contributed by atoms with Crippen molar-refractivity contribution in [3.63, 3.8) is 0 Å². The van der Waals surface area contributed by atoms with E-state index >= 15 is 0 Å². The van der Waals surface area contributed by atoms with Crippen LogP contribution in [-0.2, 0) is 10.0 Å². The highest BCUT2D eigenvalue weighted by molar-refractivity contribution is 7.89. The van der Waals surface area contributed by atoms with Crippen LogP contribution in [0, 0.1) is 22.7 Å². The van der Waals surface area contributed by atoms with Crippen LogP contribution in [0.5, 0.6) is 0 Å². The van der Waals surface area contributed by atoms with Gasteiger partial charge in [0, 0.05) is 6.54 Å². The second-order valence-electron chi connectivity index (χ2n) is 5.60. The molecule has 0 amide bonds. The van der Waals surface area contributed by atoms with Crippen molar-refractivity contribution in [1.29, 1.82) is 5.26 Å². The van der Waals surface area contributed by atoms with Gasteiger partial charge in [-0.25, -0.2) is 13.1 Å². The molecule has 104 valence electrons. The van der Waals surface area contributed by atoms with Gasteiger partial charge in [0.25, 0.3) is 0 Å². The molecular formula is C14H20N2O2S. The van der Waals surface area contributed by atoms with Crippen LogP contribution in [0.3, 0.4) is 0 Å². The van der Waals surface area contributed by atoms with Crippen LogP contribution in [0.2, 0.25) is 0 Å². The van der Waals surface area contributed by atoms with Gasteiger partial charge in [-0.1, -0.05) is 27.7 Å². The van der Waals surface area contributed by atoms with Crippen LogP contribution >= 0.6 is 0 Å². The third-order valence-corrected chi connectivity index (χ3v) is 4.99. The molecule has 1 aromatic carbocycles. The van der Waals surface area contributed by atoms with Gasteiger partial charge in [0.05, 0.1) is 16.5 Å². The van der Waals surface area contributed by atoms with E-state index in [-0.39, 0.29) is 10.3 Å². The molecule has 0 bridgehead atoms.